The SMILES string of the molecule is Cc1c(NC(=O)CNC(=O)c2ccc(C(C)(C)C)cc2)nnn1C. The maximum absolute atomic E-state index is 12.1. The van der Waals surface area contributed by atoms with Crippen molar-refractivity contribution in [3.63, 3.8) is 0 Å². The quantitative estimate of drug-likeness (QED) is 0.895. The van der Waals surface area contributed by atoms with E-state index in [1.54, 1.807) is 30.8 Å². The zero-order valence-electron chi connectivity index (χ0n) is 14.7. The van der Waals surface area contributed by atoms with Crippen LogP contribution >= 0.6 is 0 Å². The van der Waals surface area contributed by atoms with Gasteiger partial charge in [-0.15, -0.1) is 5.10 Å². The van der Waals surface area contributed by atoms with Crippen LogP contribution in [0.4, 0.5) is 5.82 Å². The van der Waals surface area contributed by atoms with Gasteiger partial charge in [-0.3, -0.25) is 14.3 Å². The number of anilines is 1. The fourth-order valence-electron chi connectivity index (χ4n) is 2.08. The van der Waals surface area contributed by atoms with Gasteiger partial charge in [0.25, 0.3) is 5.91 Å². The molecule has 0 aliphatic carbocycles. The summed E-state index contributed by atoms with van der Waals surface area (Å²) in [6.07, 6.45) is 0. The molecule has 0 aliphatic rings. The van der Waals surface area contributed by atoms with E-state index in [4.69, 9.17) is 0 Å². The van der Waals surface area contributed by atoms with E-state index in [0.29, 0.717) is 11.4 Å². The Labute approximate surface area is 141 Å². The van der Waals surface area contributed by atoms with Crippen LogP contribution < -0.4 is 10.6 Å². The van der Waals surface area contributed by atoms with E-state index in [9.17, 15) is 9.59 Å². The minimum absolute atomic E-state index is 0.0312. The van der Waals surface area contributed by atoms with Gasteiger partial charge in [-0.1, -0.05) is 38.1 Å². The highest BCUT2D eigenvalue weighted by molar-refractivity contribution is 5.99. The van der Waals surface area contributed by atoms with E-state index in [0.717, 1.165) is 11.3 Å². The van der Waals surface area contributed by atoms with Gasteiger partial charge >= 0.3 is 0 Å². The molecule has 2 amide bonds. The molecule has 0 saturated carbocycles. The molecular formula is C17H23N5O2. The number of carbonyl (C=O) groups is 2. The minimum atomic E-state index is -0.349. The van der Waals surface area contributed by atoms with Gasteiger partial charge in [0.1, 0.15) is 0 Å². The van der Waals surface area contributed by atoms with Gasteiger partial charge in [0.2, 0.25) is 5.91 Å². The maximum Gasteiger partial charge on any atom is 0.251 e. The summed E-state index contributed by atoms with van der Waals surface area (Å²) in [5, 5.41) is 12.9. The number of rotatable bonds is 4. The van der Waals surface area contributed by atoms with Gasteiger partial charge in [-0.2, -0.15) is 0 Å². The monoisotopic (exact) mass is 329 g/mol. The Kier molecular flexibility index (Phi) is 5.02. The summed E-state index contributed by atoms with van der Waals surface area (Å²) in [6.45, 7) is 8.00. The predicted octanol–water partition coefficient (Wildman–Crippen LogP) is 1.79. The first-order valence-electron chi connectivity index (χ1n) is 7.73. The molecule has 2 aromatic rings. The summed E-state index contributed by atoms with van der Waals surface area (Å²) < 4.78 is 1.56. The van der Waals surface area contributed by atoms with E-state index in [1.165, 1.54) is 0 Å². The molecule has 0 unspecified atom stereocenters. The second-order valence-corrected chi connectivity index (χ2v) is 6.71. The van der Waals surface area contributed by atoms with Crippen LogP contribution in [0.25, 0.3) is 0 Å². The number of aromatic nitrogens is 3. The molecule has 7 heteroatoms. The first-order chi connectivity index (χ1) is 11.2. The Balaban J connectivity index is 1.90. The number of carbonyl (C=O) groups excluding carboxylic acids is 2. The topological polar surface area (TPSA) is 88.9 Å². The van der Waals surface area contributed by atoms with Crippen LogP contribution in [-0.4, -0.2) is 33.4 Å². The van der Waals surface area contributed by atoms with Crippen LogP contribution in [0, 0.1) is 6.92 Å². The molecule has 0 fully saturated rings. The van der Waals surface area contributed by atoms with Crippen molar-refractivity contribution < 1.29 is 9.59 Å². The van der Waals surface area contributed by atoms with Crippen LogP contribution in [0.1, 0.15) is 42.4 Å². The molecule has 0 bridgehead atoms. The van der Waals surface area contributed by atoms with Crippen molar-refractivity contribution in [2.24, 2.45) is 7.05 Å². The number of aryl methyl sites for hydroxylation is 1. The maximum atomic E-state index is 12.1. The summed E-state index contributed by atoms with van der Waals surface area (Å²) in [5.74, 6) is -0.244. The average molecular weight is 329 g/mol. The molecule has 0 radical (unpaired) electrons. The van der Waals surface area contributed by atoms with Gasteiger partial charge in [-0.25, -0.2) is 0 Å². The number of hydrogen-bond acceptors (Lipinski definition) is 4. The largest absolute Gasteiger partial charge is 0.343 e. The van der Waals surface area contributed by atoms with Gasteiger partial charge < -0.3 is 10.6 Å². The van der Waals surface area contributed by atoms with Gasteiger partial charge in [0.15, 0.2) is 5.82 Å². The molecule has 1 aromatic carbocycles. The lowest BCUT2D eigenvalue weighted by atomic mass is 9.87. The third-order valence-corrected chi connectivity index (χ3v) is 3.79. The van der Waals surface area contributed by atoms with Crippen LogP contribution in [0.15, 0.2) is 24.3 Å². The zero-order chi connectivity index (χ0) is 17.9. The van der Waals surface area contributed by atoms with Crippen LogP contribution in [-0.2, 0) is 17.3 Å². The average Bonchev–Trinajstić information content (AvgIpc) is 2.84. The Morgan fingerprint density at radius 3 is 2.29 bits per heavy atom. The molecule has 0 atom stereocenters. The molecule has 24 heavy (non-hydrogen) atoms. The second kappa shape index (κ2) is 6.82. The van der Waals surface area contributed by atoms with Gasteiger partial charge in [-0.05, 0) is 30.0 Å². The van der Waals surface area contributed by atoms with Gasteiger partial charge in [0, 0.05) is 12.6 Å². The van der Waals surface area contributed by atoms with E-state index in [1.807, 2.05) is 12.1 Å². The van der Waals surface area contributed by atoms with E-state index >= 15 is 0 Å². The van der Waals surface area contributed by atoms with Crippen LogP contribution in [0.5, 0.6) is 0 Å². The molecule has 0 aliphatic heterocycles. The molecule has 7 nitrogen and oxygen atoms in total. The van der Waals surface area contributed by atoms with Crippen molar-refractivity contribution in [3.05, 3.63) is 41.1 Å². The Morgan fingerprint density at radius 2 is 1.79 bits per heavy atom. The fourth-order valence-corrected chi connectivity index (χ4v) is 2.08. The summed E-state index contributed by atoms with van der Waals surface area (Å²) in [5.41, 5.74) is 2.44. The highest BCUT2D eigenvalue weighted by Gasteiger charge is 2.15. The second-order valence-electron chi connectivity index (χ2n) is 6.71. The van der Waals surface area contributed by atoms with Gasteiger partial charge in [0.05, 0.1) is 12.2 Å². The zero-order valence-corrected chi connectivity index (χ0v) is 14.7. The lowest BCUT2D eigenvalue weighted by molar-refractivity contribution is -0.115. The molecule has 0 spiro atoms. The summed E-state index contributed by atoms with van der Waals surface area (Å²) >= 11 is 0. The van der Waals surface area contributed by atoms with Crippen molar-refractivity contribution in [1.29, 1.82) is 0 Å². The lowest BCUT2D eigenvalue weighted by Gasteiger charge is -2.19. The predicted molar refractivity (Wildman–Crippen MR) is 91.8 cm³/mol. The summed E-state index contributed by atoms with van der Waals surface area (Å²) in [4.78, 5) is 24.0. The smallest absolute Gasteiger partial charge is 0.251 e. The molecule has 2 N–H and O–H groups in total. The van der Waals surface area contributed by atoms with E-state index in [-0.39, 0.29) is 23.8 Å². The van der Waals surface area contributed by atoms with Crippen molar-refractivity contribution in [3.8, 4) is 0 Å². The van der Waals surface area contributed by atoms with Crippen LogP contribution in [0.3, 0.4) is 0 Å². The highest BCUT2D eigenvalue weighted by atomic mass is 16.2. The number of nitrogens with zero attached hydrogens (tertiary/aromatic N) is 3. The Morgan fingerprint density at radius 1 is 1.17 bits per heavy atom. The standard InChI is InChI=1S/C17H23N5O2/c1-11-15(20-21-22(11)5)19-14(23)10-18-16(24)12-6-8-13(9-7-12)17(2,3)4/h6-9H,10H2,1-5H3,(H,18,24)(H,19,23). The fraction of sp³-hybridized carbons (Fsp3) is 0.412. The Bertz CT molecular complexity index is 741. The minimum Gasteiger partial charge on any atom is -0.343 e. The Hall–Kier alpha value is -2.70. The molecule has 1 aromatic heterocycles. The van der Waals surface area contributed by atoms with E-state index in [2.05, 4.69) is 41.7 Å². The normalized spacial score (nSPS) is 11.2. The molecular weight excluding hydrogens is 306 g/mol. The molecule has 2 rings (SSSR count). The highest BCUT2D eigenvalue weighted by Crippen LogP contribution is 2.22. The summed E-state index contributed by atoms with van der Waals surface area (Å²) in [7, 11) is 1.74. The number of nitrogens with one attached hydrogen (secondary N) is 2. The van der Waals surface area contributed by atoms with Crippen molar-refractivity contribution in [1.82, 2.24) is 20.3 Å². The third-order valence-electron chi connectivity index (χ3n) is 3.79. The van der Waals surface area contributed by atoms with E-state index < -0.39 is 0 Å². The van der Waals surface area contributed by atoms with Crippen molar-refractivity contribution >= 4 is 17.6 Å². The molecule has 0 saturated heterocycles. The third kappa shape index (κ3) is 4.18. The van der Waals surface area contributed by atoms with Crippen molar-refractivity contribution in [2.45, 2.75) is 33.1 Å². The number of hydrogen-bond donors (Lipinski definition) is 2. The first kappa shape index (κ1) is 17.7. The summed E-state index contributed by atoms with van der Waals surface area (Å²) in [6, 6.07) is 7.39. The lowest BCUT2D eigenvalue weighted by Crippen LogP contribution is -2.33. The number of benzene rings is 1. The number of amides is 2. The molecule has 128 valence electrons. The first-order valence-corrected chi connectivity index (χ1v) is 7.73. The van der Waals surface area contributed by atoms with Crippen LogP contribution in [0.2, 0.25) is 0 Å². The molecule has 1 heterocycles. The van der Waals surface area contributed by atoms with Crippen molar-refractivity contribution in [2.75, 3.05) is 11.9 Å².